The second-order valence-corrected chi connectivity index (χ2v) is 10.2. The highest BCUT2D eigenvalue weighted by atomic mass is 31.2. The highest BCUT2D eigenvalue weighted by Gasteiger charge is 2.59. The first-order valence-electron chi connectivity index (χ1n) is 12.7. The van der Waals surface area contributed by atoms with E-state index in [0.29, 0.717) is 0 Å². The van der Waals surface area contributed by atoms with Crippen LogP contribution in [0, 0.1) is 0 Å². The molecule has 0 aliphatic heterocycles. The lowest BCUT2D eigenvalue weighted by atomic mass is 10.3. The van der Waals surface area contributed by atoms with E-state index in [4.69, 9.17) is 27.8 Å². The molecular weight excluding hydrogens is 728 g/mol. The Labute approximate surface area is 256 Å². The molecule has 0 aromatic rings. The minimum atomic E-state index is -5.83. The fraction of sp³-hybridized carbons (Fsp3) is 1.00. The Morgan fingerprint density at radius 1 is 0.319 bits per heavy atom. The Bertz CT molecular complexity index is 779. The number of hydrogen-bond acceptors (Lipinski definition) is 10. The van der Waals surface area contributed by atoms with E-state index in [9.17, 15) is 70.4 Å². The number of alkyl halides is 15. The van der Waals surface area contributed by atoms with Gasteiger partial charge >= 0.3 is 44.1 Å². The maximum absolute atomic E-state index is 12.8. The quantitative estimate of drug-likeness (QED) is 0.0578. The van der Waals surface area contributed by atoms with Gasteiger partial charge in [-0.25, -0.2) is 4.57 Å². The summed E-state index contributed by atoms with van der Waals surface area (Å²) in [5.74, 6) is -15.3. The van der Waals surface area contributed by atoms with E-state index in [2.05, 4.69) is 14.2 Å². The van der Waals surface area contributed by atoms with E-state index in [-0.39, 0.29) is 0 Å². The van der Waals surface area contributed by atoms with Crippen molar-refractivity contribution in [3.8, 4) is 0 Å². The van der Waals surface area contributed by atoms with Crippen molar-refractivity contribution < 1.29 is 112 Å². The second-order valence-electron chi connectivity index (χ2n) is 8.55. The first-order chi connectivity index (χ1) is 21.4. The summed E-state index contributed by atoms with van der Waals surface area (Å²) < 4.78 is 239. The molecule has 284 valence electrons. The van der Waals surface area contributed by atoms with Crippen molar-refractivity contribution in [1.82, 2.24) is 0 Å². The SMILES string of the molecule is O=P(OCCOCCOCC(F)(F)C(F)(F)F)(OCCOCCOCC(F)(F)C(F)(F)F)OCCOCCOCC(F)(F)C(F)(F)F. The van der Waals surface area contributed by atoms with Crippen molar-refractivity contribution in [1.29, 1.82) is 0 Å². The zero-order valence-electron chi connectivity index (χ0n) is 23.8. The van der Waals surface area contributed by atoms with Gasteiger partial charge in [0.05, 0.1) is 79.3 Å². The third-order valence-corrected chi connectivity index (χ3v) is 6.14. The van der Waals surface area contributed by atoms with Gasteiger partial charge in [0.15, 0.2) is 0 Å². The van der Waals surface area contributed by atoms with Crippen LogP contribution in [0.1, 0.15) is 0 Å². The van der Waals surface area contributed by atoms with Gasteiger partial charge in [-0.2, -0.15) is 65.9 Å². The molecule has 0 saturated carbocycles. The number of phosphoric acid groups is 1. The number of phosphoric ester groups is 1. The molecule has 0 rings (SSSR count). The Morgan fingerprint density at radius 3 is 0.723 bits per heavy atom. The van der Waals surface area contributed by atoms with Gasteiger partial charge in [0.1, 0.15) is 19.8 Å². The summed E-state index contributed by atoms with van der Waals surface area (Å²) in [6.07, 6.45) is -17.5. The van der Waals surface area contributed by atoms with E-state index < -0.39 is 143 Å². The van der Waals surface area contributed by atoms with Gasteiger partial charge in [0.25, 0.3) is 0 Å². The maximum Gasteiger partial charge on any atom is 0.475 e. The molecule has 0 saturated heterocycles. The Hall–Kier alpha value is -1.18. The summed E-state index contributed by atoms with van der Waals surface area (Å²) >= 11 is 0. The molecule has 0 unspecified atom stereocenters. The zero-order chi connectivity index (χ0) is 36.5. The summed E-state index contributed by atoms with van der Waals surface area (Å²) in [7, 11) is -4.53. The molecule has 0 radical (unpaired) electrons. The molecule has 47 heavy (non-hydrogen) atoms. The van der Waals surface area contributed by atoms with Gasteiger partial charge in [-0.1, -0.05) is 0 Å². The minimum Gasteiger partial charge on any atom is -0.377 e. The van der Waals surface area contributed by atoms with Gasteiger partial charge < -0.3 is 28.4 Å². The Balaban J connectivity index is 4.54. The summed E-state index contributed by atoms with van der Waals surface area (Å²) in [6, 6.07) is 0. The molecular formula is C21H30F15O10P. The molecule has 0 aliphatic rings. The van der Waals surface area contributed by atoms with E-state index in [0.717, 1.165) is 0 Å². The third-order valence-electron chi connectivity index (χ3n) is 4.64. The molecule has 0 aromatic carbocycles. The molecule has 0 fully saturated rings. The van der Waals surface area contributed by atoms with Crippen LogP contribution in [-0.2, 0) is 46.6 Å². The lowest BCUT2D eigenvalue weighted by Gasteiger charge is -2.20. The van der Waals surface area contributed by atoms with Gasteiger partial charge in [-0.3, -0.25) is 13.6 Å². The summed E-state index contributed by atoms with van der Waals surface area (Å²) in [5, 5.41) is 0. The van der Waals surface area contributed by atoms with E-state index >= 15 is 0 Å². The van der Waals surface area contributed by atoms with Gasteiger partial charge in [0, 0.05) is 0 Å². The van der Waals surface area contributed by atoms with E-state index in [1.165, 1.54) is 0 Å². The average molecular weight is 758 g/mol. The molecule has 0 heterocycles. The number of rotatable bonds is 27. The van der Waals surface area contributed by atoms with Crippen LogP contribution in [0.3, 0.4) is 0 Å². The predicted molar refractivity (Wildman–Crippen MR) is 123 cm³/mol. The highest BCUT2D eigenvalue weighted by molar-refractivity contribution is 7.48. The first-order valence-corrected chi connectivity index (χ1v) is 14.2. The topological polar surface area (TPSA) is 100 Å². The lowest BCUT2D eigenvalue weighted by molar-refractivity contribution is -0.297. The van der Waals surface area contributed by atoms with Crippen LogP contribution in [0.4, 0.5) is 65.9 Å². The standard InChI is InChI=1S/C21H30F15O10P/c22-16(23,19(28,29)30)13-41-4-1-38-7-10-44-47(37,45-11-8-39-2-5-42-14-17(24,25)20(31,32)33)46-12-9-40-3-6-43-15-18(26,27)21(34,35)36/h1-15H2. The Morgan fingerprint density at radius 2 is 0.511 bits per heavy atom. The fourth-order valence-corrected chi connectivity index (χ4v) is 3.36. The summed E-state index contributed by atoms with van der Waals surface area (Å²) in [6.45, 7) is -12.8. The van der Waals surface area contributed by atoms with Crippen LogP contribution in [0.25, 0.3) is 0 Å². The maximum atomic E-state index is 12.8. The van der Waals surface area contributed by atoms with Crippen molar-refractivity contribution in [3.63, 3.8) is 0 Å². The number of hydrogen-bond donors (Lipinski definition) is 0. The normalized spacial score (nSPS) is 14.3. The minimum absolute atomic E-state index is 0.470. The van der Waals surface area contributed by atoms with Crippen molar-refractivity contribution in [2.75, 3.05) is 99.1 Å². The van der Waals surface area contributed by atoms with Crippen molar-refractivity contribution >= 4 is 7.82 Å². The average Bonchev–Trinajstić information content (AvgIpc) is 2.91. The van der Waals surface area contributed by atoms with Crippen LogP contribution in [0.2, 0.25) is 0 Å². The zero-order valence-corrected chi connectivity index (χ0v) is 24.7. The van der Waals surface area contributed by atoms with Crippen LogP contribution in [0.15, 0.2) is 0 Å². The summed E-state index contributed by atoms with van der Waals surface area (Å²) in [5.41, 5.74) is 0. The fourth-order valence-electron chi connectivity index (χ4n) is 2.24. The van der Waals surface area contributed by atoms with Gasteiger partial charge in [-0.15, -0.1) is 0 Å². The summed E-state index contributed by atoms with van der Waals surface area (Å²) in [4.78, 5) is 0. The van der Waals surface area contributed by atoms with Crippen molar-refractivity contribution in [3.05, 3.63) is 0 Å². The first kappa shape index (κ1) is 45.8. The van der Waals surface area contributed by atoms with Crippen LogP contribution in [-0.4, -0.2) is 135 Å². The molecule has 0 spiro atoms. The van der Waals surface area contributed by atoms with Crippen LogP contribution < -0.4 is 0 Å². The molecule has 26 heteroatoms. The molecule has 0 amide bonds. The third kappa shape index (κ3) is 19.6. The Kier molecular flexibility index (Phi) is 20.0. The molecule has 0 bridgehead atoms. The molecule has 0 aliphatic carbocycles. The smallest absolute Gasteiger partial charge is 0.377 e. The lowest BCUT2D eigenvalue weighted by Crippen LogP contribution is -2.41. The molecule has 0 N–H and O–H groups in total. The van der Waals surface area contributed by atoms with E-state index in [1.54, 1.807) is 0 Å². The molecule has 10 nitrogen and oxygen atoms in total. The monoisotopic (exact) mass is 758 g/mol. The number of ether oxygens (including phenoxy) is 6. The van der Waals surface area contributed by atoms with Crippen LogP contribution in [0.5, 0.6) is 0 Å². The van der Waals surface area contributed by atoms with E-state index in [1.807, 2.05) is 0 Å². The van der Waals surface area contributed by atoms with Gasteiger partial charge in [-0.05, 0) is 0 Å². The van der Waals surface area contributed by atoms with Crippen molar-refractivity contribution in [2.45, 2.75) is 36.3 Å². The predicted octanol–water partition coefficient (Wildman–Crippen LogP) is 5.84. The number of halogens is 15. The largest absolute Gasteiger partial charge is 0.475 e. The molecule has 0 atom stereocenters. The highest BCUT2D eigenvalue weighted by Crippen LogP contribution is 2.49. The van der Waals surface area contributed by atoms with Crippen LogP contribution >= 0.6 is 7.82 Å². The van der Waals surface area contributed by atoms with Crippen molar-refractivity contribution in [2.24, 2.45) is 0 Å². The molecule has 0 aromatic heterocycles. The van der Waals surface area contributed by atoms with Gasteiger partial charge in [0.2, 0.25) is 0 Å². The second kappa shape index (κ2) is 20.5.